The number of amides is 1. The molecule has 0 bridgehead atoms. The molecule has 2 aromatic heterocycles. The number of benzene rings is 1. The van der Waals surface area contributed by atoms with Crippen LogP contribution >= 0.6 is 0 Å². The summed E-state index contributed by atoms with van der Waals surface area (Å²) >= 11 is 0. The zero-order valence-electron chi connectivity index (χ0n) is 15.2. The highest BCUT2D eigenvalue weighted by molar-refractivity contribution is 6.03. The first-order chi connectivity index (χ1) is 13.2. The maximum absolute atomic E-state index is 12.5. The van der Waals surface area contributed by atoms with Gasteiger partial charge in [-0.3, -0.25) is 14.9 Å². The number of H-pyrrole nitrogens is 1. The van der Waals surface area contributed by atoms with Gasteiger partial charge >= 0.3 is 0 Å². The fourth-order valence-corrected chi connectivity index (χ4v) is 3.12. The zero-order valence-corrected chi connectivity index (χ0v) is 15.2. The Labute approximate surface area is 158 Å². The van der Waals surface area contributed by atoms with Crippen LogP contribution in [0.25, 0.3) is 11.3 Å². The van der Waals surface area contributed by atoms with Crippen LogP contribution in [0.15, 0.2) is 54.9 Å². The van der Waals surface area contributed by atoms with Crippen molar-refractivity contribution >= 4 is 17.3 Å². The van der Waals surface area contributed by atoms with Gasteiger partial charge in [0.1, 0.15) is 5.69 Å². The van der Waals surface area contributed by atoms with Crippen LogP contribution in [-0.2, 0) is 0 Å². The molecule has 4 rings (SSSR count). The minimum absolute atomic E-state index is 0.218. The standard InChI is InChI=1S/C20H22N6O/c1-25-9-11-26(12-10-25)17-6-4-16(5-7-17)22-20(27)19-13-18(23-24-19)15-3-2-8-21-14-15/h2-8,13-14H,9-12H2,1H3,(H,22,27)(H,23,24). The van der Waals surface area contributed by atoms with Gasteiger partial charge in [0.25, 0.3) is 5.91 Å². The van der Waals surface area contributed by atoms with Crippen molar-refractivity contribution in [3.8, 4) is 11.3 Å². The largest absolute Gasteiger partial charge is 0.369 e. The first-order valence-electron chi connectivity index (χ1n) is 9.00. The van der Waals surface area contributed by atoms with E-state index in [0.717, 1.165) is 37.4 Å². The number of carbonyl (C=O) groups is 1. The number of anilines is 2. The number of pyridine rings is 1. The number of nitrogens with zero attached hydrogens (tertiary/aromatic N) is 4. The summed E-state index contributed by atoms with van der Waals surface area (Å²) in [5.41, 5.74) is 3.91. The van der Waals surface area contributed by atoms with Gasteiger partial charge in [0, 0.05) is 55.5 Å². The molecule has 0 atom stereocenters. The van der Waals surface area contributed by atoms with Crippen molar-refractivity contribution in [3.63, 3.8) is 0 Å². The van der Waals surface area contributed by atoms with E-state index in [9.17, 15) is 4.79 Å². The molecule has 1 aliphatic heterocycles. The Hall–Kier alpha value is -3.19. The molecule has 0 saturated carbocycles. The molecule has 27 heavy (non-hydrogen) atoms. The second-order valence-electron chi connectivity index (χ2n) is 6.70. The summed E-state index contributed by atoms with van der Waals surface area (Å²) in [6.07, 6.45) is 3.42. The maximum Gasteiger partial charge on any atom is 0.273 e. The number of hydrogen-bond donors (Lipinski definition) is 2. The average Bonchev–Trinajstić information content (AvgIpc) is 3.20. The third-order valence-electron chi connectivity index (χ3n) is 4.77. The fourth-order valence-electron chi connectivity index (χ4n) is 3.12. The van der Waals surface area contributed by atoms with Gasteiger partial charge in [0.15, 0.2) is 0 Å². The van der Waals surface area contributed by atoms with Crippen LogP contribution in [0.1, 0.15) is 10.5 Å². The quantitative estimate of drug-likeness (QED) is 0.746. The molecule has 1 saturated heterocycles. The highest BCUT2D eigenvalue weighted by Crippen LogP contribution is 2.20. The third-order valence-corrected chi connectivity index (χ3v) is 4.77. The lowest BCUT2D eigenvalue weighted by molar-refractivity contribution is 0.102. The molecule has 0 spiro atoms. The molecule has 1 aromatic carbocycles. The lowest BCUT2D eigenvalue weighted by Gasteiger charge is -2.34. The number of piperazine rings is 1. The molecule has 0 unspecified atom stereocenters. The Morgan fingerprint density at radius 1 is 1.11 bits per heavy atom. The second-order valence-corrected chi connectivity index (χ2v) is 6.70. The van der Waals surface area contributed by atoms with Crippen LogP contribution in [0.2, 0.25) is 0 Å². The van der Waals surface area contributed by atoms with E-state index in [-0.39, 0.29) is 5.91 Å². The number of carbonyl (C=O) groups excluding carboxylic acids is 1. The summed E-state index contributed by atoms with van der Waals surface area (Å²) in [5, 5.41) is 9.89. The molecular weight excluding hydrogens is 340 g/mol. The van der Waals surface area contributed by atoms with E-state index >= 15 is 0 Å². The van der Waals surface area contributed by atoms with Crippen molar-refractivity contribution in [3.05, 3.63) is 60.6 Å². The SMILES string of the molecule is CN1CCN(c2ccc(NC(=O)c3cc(-c4cccnc4)n[nH]3)cc2)CC1. The number of aromatic nitrogens is 3. The predicted molar refractivity (Wildman–Crippen MR) is 106 cm³/mol. The van der Waals surface area contributed by atoms with Gasteiger partial charge in [-0.25, -0.2) is 0 Å². The molecular formula is C20H22N6O. The summed E-state index contributed by atoms with van der Waals surface area (Å²) in [5.74, 6) is -0.218. The Kier molecular flexibility index (Phi) is 4.84. The van der Waals surface area contributed by atoms with Gasteiger partial charge < -0.3 is 15.1 Å². The average molecular weight is 362 g/mol. The van der Waals surface area contributed by atoms with Crippen molar-refractivity contribution in [1.82, 2.24) is 20.1 Å². The molecule has 2 N–H and O–H groups in total. The van der Waals surface area contributed by atoms with Crippen LogP contribution in [0.3, 0.4) is 0 Å². The van der Waals surface area contributed by atoms with E-state index in [4.69, 9.17) is 0 Å². The van der Waals surface area contributed by atoms with E-state index in [2.05, 4.69) is 49.5 Å². The Morgan fingerprint density at radius 3 is 2.59 bits per heavy atom. The number of hydrogen-bond acceptors (Lipinski definition) is 5. The first-order valence-corrected chi connectivity index (χ1v) is 9.00. The molecule has 7 nitrogen and oxygen atoms in total. The third kappa shape index (κ3) is 3.98. The predicted octanol–water partition coefficient (Wildman–Crippen LogP) is 2.48. The maximum atomic E-state index is 12.5. The summed E-state index contributed by atoms with van der Waals surface area (Å²) in [4.78, 5) is 21.2. The van der Waals surface area contributed by atoms with Crippen LogP contribution in [0, 0.1) is 0 Å². The molecule has 3 heterocycles. The summed E-state index contributed by atoms with van der Waals surface area (Å²) in [6, 6.07) is 13.4. The topological polar surface area (TPSA) is 77.2 Å². The first kappa shape index (κ1) is 17.2. The lowest BCUT2D eigenvalue weighted by Crippen LogP contribution is -2.44. The van der Waals surface area contributed by atoms with Crippen molar-refractivity contribution in [2.45, 2.75) is 0 Å². The van der Waals surface area contributed by atoms with Crippen LogP contribution in [0.5, 0.6) is 0 Å². The number of nitrogens with one attached hydrogen (secondary N) is 2. The van der Waals surface area contributed by atoms with Gasteiger partial charge in [-0.1, -0.05) is 0 Å². The molecule has 0 aliphatic carbocycles. The number of likely N-dealkylation sites (N-methyl/N-ethyl adjacent to an activating group) is 1. The van der Waals surface area contributed by atoms with E-state index in [1.165, 1.54) is 5.69 Å². The molecule has 3 aromatic rings. The second kappa shape index (κ2) is 7.59. The molecule has 138 valence electrons. The van der Waals surface area contributed by atoms with Gasteiger partial charge in [0.05, 0.1) is 5.69 Å². The van der Waals surface area contributed by atoms with E-state index in [1.807, 2.05) is 24.3 Å². The van der Waals surface area contributed by atoms with Crippen molar-refractivity contribution < 1.29 is 4.79 Å². The van der Waals surface area contributed by atoms with Crippen LogP contribution in [0.4, 0.5) is 11.4 Å². The minimum Gasteiger partial charge on any atom is -0.369 e. The minimum atomic E-state index is -0.218. The zero-order chi connectivity index (χ0) is 18.6. The number of aromatic amines is 1. The van der Waals surface area contributed by atoms with E-state index < -0.39 is 0 Å². The highest BCUT2D eigenvalue weighted by atomic mass is 16.1. The fraction of sp³-hybridized carbons (Fsp3) is 0.250. The monoisotopic (exact) mass is 362 g/mol. The molecule has 1 amide bonds. The molecule has 1 aliphatic rings. The van der Waals surface area contributed by atoms with Gasteiger partial charge in [-0.05, 0) is 49.5 Å². The lowest BCUT2D eigenvalue weighted by atomic mass is 10.2. The van der Waals surface area contributed by atoms with Crippen molar-refractivity contribution in [2.75, 3.05) is 43.4 Å². The van der Waals surface area contributed by atoms with E-state index in [1.54, 1.807) is 18.5 Å². The summed E-state index contributed by atoms with van der Waals surface area (Å²) < 4.78 is 0. The van der Waals surface area contributed by atoms with Gasteiger partial charge in [-0.2, -0.15) is 5.10 Å². The summed E-state index contributed by atoms with van der Waals surface area (Å²) in [6.45, 7) is 4.18. The number of rotatable bonds is 4. The smallest absolute Gasteiger partial charge is 0.273 e. The molecule has 1 fully saturated rings. The normalized spacial score (nSPS) is 14.9. The van der Waals surface area contributed by atoms with Gasteiger partial charge in [-0.15, -0.1) is 0 Å². The Balaban J connectivity index is 1.40. The Bertz CT molecular complexity index is 898. The Morgan fingerprint density at radius 2 is 1.89 bits per heavy atom. The molecule has 7 heteroatoms. The van der Waals surface area contributed by atoms with E-state index in [0.29, 0.717) is 11.4 Å². The summed E-state index contributed by atoms with van der Waals surface area (Å²) in [7, 11) is 2.14. The highest BCUT2D eigenvalue weighted by Gasteiger charge is 2.15. The van der Waals surface area contributed by atoms with Crippen molar-refractivity contribution in [2.24, 2.45) is 0 Å². The van der Waals surface area contributed by atoms with Crippen molar-refractivity contribution in [1.29, 1.82) is 0 Å². The van der Waals surface area contributed by atoms with Crippen LogP contribution < -0.4 is 10.2 Å². The van der Waals surface area contributed by atoms with Crippen LogP contribution in [-0.4, -0.2) is 59.2 Å². The molecule has 0 radical (unpaired) electrons. The van der Waals surface area contributed by atoms with Gasteiger partial charge in [0.2, 0.25) is 0 Å².